The second-order valence-electron chi connectivity index (χ2n) is 4.60. The zero-order valence-corrected chi connectivity index (χ0v) is 11.9. The minimum Gasteiger partial charge on any atom is -0.352 e. The molecule has 2 rings (SSSR count). The fourth-order valence-electron chi connectivity index (χ4n) is 2.16. The molecule has 3 nitrogen and oxygen atoms in total. The van der Waals surface area contributed by atoms with E-state index in [0.717, 1.165) is 29.5 Å². The molecule has 5 heteroatoms. The van der Waals surface area contributed by atoms with E-state index in [1.807, 2.05) is 6.92 Å². The summed E-state index contributed by atoms with van der Waals surface area (Å²) in [6.07, 6.45) is 6.14. The first-order chi connectivity index (χ1) is 8.25. The molecule has 1 N–H and O–H groups in total. The van der Waals surface area contributed by atoms with E-state index in [1.165, 1.54) is 19.3 Å². The highest BCUT2D eigenvalue weighted by atomic mass is 32.2. The average Bonchev–Trinajstić information content (AvgIpc) is 2.83. The first kappa shape index (κ1) is 13.3. The minimum absolute atomic E-state index is 0.0127. The van der Waals surface area contributed by atoms with Crippen molar-refractivity contribution >= 4 is 33.8 Å². The second kappa shape index (κ2) is 6.69. The highest BCUT2D eigenvalue weighted by molar-refractivity contribution is 8.39. The summed E-state index contributed by atoms with van der Waals surface area (Å²) in [6.45, 7) is 2.88. The number of nitrogens with zero attached hydrogens (tertiary/aromatic N) is 1. The third-order valence-corrected chi connectivity index (χ3v) is 5.46. The molecule has 17 heavy (non-hydrogen) atoms. The van der Waals surface area contributed by atoms with Crippen molar-refractivity contribution in [3.8, 4) is 0 Å². The van der Waals surface area contributed by atoms with E-state index < -0.39 is 0 Å². The summed E-state index contributed by atoms with van der Waals surface area (Å²) in [6, 6.07) is 0.414. The monoisotopic (exact) mass is 272 g/mol. The Morgan fingerprint density at radius 3 is 2.88 bits per heavy atom. The fourth-order valence-corrected chi connectivity index (χ4v) is 4.30. The minimum atomic E-state index is -0.0127. The van der Waals surface area contributed by atoms with Crippen LogP contribution in [0.4, 0.5) is 0 Å². The quantitative estimate of drug-likeness (QED) is 0.859. The average molecular weight is 272 g/mol. The van der Waals surface area contributed by atoms with Gasteiger partial charge in [0.1, 0.15) is 4.38 Å². The van der Waals surface area contributed by atoms with Crippen molar-refractivity contribution in [2.24, 2.45) is 4.99 Å². The van der Waals surface area contributed by atoms with Crippen molar-refractivity contribution in [3.05, 3.63) is 0 Å². The first-order valence-corrected chi connectivity index (χ1v) is 8.26. The standard InChI is InChI=1S/C12H20N2OS2/c1-9(17-12-13-7-8-16-12)11(15)14-10-5-3-2-4-6-10/h9-10H,2-8H2,1H3,(H,14,15)/t9-/m0/s1. The maximum atomic E-state index is 12.0. The molecule has 96 valence electrons. The van der Waals surface area contributed by atoms with E-state index in [0.29, 0.717) is 6.04 Å². The molecule has 0 aromatic rings. The third-order valence-electron chi connectivity index (χ3n) is 3.16. The number of thioether (sulfide) groups is 2. The summed E-state index contributed by atoms with van der Waals surface area (Å²) >= 11 is 3.37. The first-order valence-electron chi connectivity index (χ1n) is 6.40. The van der Waals surface area contributed by atoms with Crippen LogP contribution in [0.15, 0.2) is 4.99 Å². The number of rotatable bonds is 3. The third kappa shape index (κ3) is 4.21. The predicted octanol–water partition coefficient (Wildman–Crippen LogP) is 2.66. The molecule has 0 aromatic carbocycles. The van der Waals surface area contributed by atoms with Gasteiger partial charge < -0.3 is 5.32 Å². The molecule has 0 aromatic heterocycles. The van der Waals surface area contributed by atoms with Gasteiger partial charge in [0.05, 0.1) is 11.8 Å². The molecule has 1 saturated carbocycles. The van der Waals surface area contributed by atoms with Gasteiger partial charge in [0.15, 0.2) is 0 Å². The van der Waals surface area contributed by atoms with Crippen LogP contribution in [0.2, 0.25) is 0 Å². The lowest BCUT2D eigenvalue weighted by molar-refractivity contribution is -0.121. The number of hydrogen-bond acceptors (Lipinski definition) is 4. The maximum Gasteiger partial charge on any atom is 0.233 e. The van der Waals surface area contributed by atoms with Crippen LogP contribution < -0.4 is 5.32 Å². The number of carbonyl (C=O) groups excluding carboxylic acids is 1. The van der Waals surface area contributed by atoms with Crippen molar-refractivity contribution in [3.63, 3.8) is 0 Å². The number of nitrogens with one attached hydrogen (secondary N) is 1. The topological polar surface area (TPSA) is 41.5 Å². The predicted molar refractivity (Wildman–Crippen MR) is 76.8 cm³/mol. The van der Waals surface area contributed by atoms with Gasteiger partial charge in [-0.25, -0.2) is 0 Å². The molecule has 1 heterocycles. The van der Waals surface area contributed by atoms with Gasteiger partial charge in [-0.2, -0.15) is 0 Å². The van der Waals surface area contributed by atoms with Gasteiger partial charge in [-0.3, -0.25) is 9.79 Å². The van der Waals surface area contributed by atoms with Crippen molar-refractivity contribution in [1.29, 1.82) is 0 Å². The summed E-state index contributed by atoms with van der Waals surface area (Å²) in [5.74, 6) is 1.25. The Balaban J connectivity index is 1.74. The van der Waals surface area contributed by atoms with Crippen molar-refractivity contribution in [2.75, 3.05) is 12.3 Å². The smallest absolute Gasteiger partial charge is 0.233 e. The van der Waals surface area contributed by atoms with Gasteiger partial charge in [-0.05, 0) is 19.8 Å². The van der Waals surface area contributed by atoms with E-state index in [-0.39, 0.29) is 11.2 Å². The molecular weight excluding hydrogens is 252 g/mol. The van der Waals surface area contributed by atoms with E-state index in [9.17, 15) is 4.79 Å². The van der Waals surface area contributed by atoms with Crippen LogP contribution in [0.1, 0.15) is 39.0 Å². The molecule has 2 aliphatic rings. The second-order valence-corrected chi connectivity index (χ2v) is 7.27. The highest BCUT2D eigenvalue weighted by Crippen LogP contribution is 2.26. The highest BCUT2D eigenvalue weighted by Gasteiger charge is 2.22. The van der Waals surface area contributed by atoms with Crippen LogP contribution >= 0.6 is 23.5 Å². The van der Waals surface area contributed by atoms with E-state index in [1.54, 1.807) is 23.5 Å². The van der Waals surface area contributed by atoms with E-state index in [2.05, 4.69) is 10.3 Å². The Hall–Kier alpha value is -0.160. The zero-order valence-electron chi connectivity index (χ0n) is 10.3. The Morgan fingerprint density at radius 1 is 1.47 bits per heavy atom. The van der Waals surface area contributed by atoms with Crippen molar-refractivity contribution in [1.82, 2.24) is 5.32 Å². The van der Waals surface area contributed by atoms with Crippen LogP contribution in [-0.4, -0.2) is 33.9 Å². The van der Waals surface area contributed by atoms with Gasteiger partial charge >= 0.3 is 0 Å². The molecule has 1 aliphatic carbocycles. The molecule has 0 bridgehead atoms. The lowest BCUT2D eigenvalue weighted by Crippen LogP contribution is -2.40. The summed E-state index contributed by atoms with van der Waals surface area (Å²) in [5.41, 5.74) is 0. The van der Waals surface area contributed by atoms with Crippen molar-refractivity contribution in [2.45, 2.75) is 50.3 Å². The Bertz CT molecular complexity index is 301. The van der Waals surface area contributed by atoms with Crippen LogP contribution in [0, 0.1) is 0 Å². The summed E-state index contributed by atoms with van der Waals surface area (Å²) in [4.78, 5) is 16.4. The zero-order chi connectivity index (χ0) is 12.1. The number of aliphatic imine (C=N–C) groups is 1. The molecule has 0 spiro atoms. The molecule has 0 radical (unpaired) electrons. The van der Waals surface area contributed by atoms with Crippen LogP contribution in [0.3, 0.4) is 0 Å². The van der Waals surface area contributed by atoms with Crippen molar-refractivity contribution < 1.29 is 4.79 Å². The Kier molecular flexibility index (Phi) is 5.22. The largest absolute Gasteiger partial charge is 0.352 e. The molecular formula is C12H20N2OS2. The summed E-state index contributed by atoms with van der Waals surface area (Å²) in [7, 11) is 0. The van der Waals surface area contributed by atoms with Gasteiger partial charge in [-0.1, -0.05) is 42.8 Å². The summed E-state index contributed by atoms with van der Waals surface area (Å²) < 4.78 is 1.08. The number of hydrogen-bond donors (Lipinski definition) is 1. The van der Waals surface area contributed by atoms with Crippen LogP contribution in [0.25, 0.3) is 0 Å². The van der Waals surface area contributed by atoms with Crippen LogP contribution in [0.5, 0.6) is 0 Å². The lowest BCUT2D eigenvalue weighted by atomic mass is 9.95. The number of carbonyl (C=O) groups is 1. The molecule has 1 fully saturated rings. The SMILES string of the molecule is C[C@H](SC1=NCCS1)C(=O)NC1CCCCC1. The van der Waals surface area contributed by atoms with E-state index >= 15 is 0 Å². The molecule has 1 amide bonds. The van der Waals surface area contributed by atoms with Gasteiger partial charge in [0, 0.05) is 11.8 Å². The normalized spacial score (nSPS) is 23.2. The lowest BCUT2D eigenvalue weighted by Gasteiger charge is -2.24. The van der Waals surface area contributed by atoms with Gasteiger partial charge in [0.25, 0.3) is 0 Å². The van der Waals surface area contributed by atoms with Crippen LogP contribution in [-0.2, 0) is 4.79 Å². The molecule has 1 atom stereocenters. The molecule has 0 saturated heterocycles. The molecule has 1 aliphatic heterocycles. The Morgan fingerprint density at radius 2 is 2.24 bits per heavy atom. The fraction of sp³-hybridized carbons (Fsp3) is 0.833. The van der Waals surface area contributed by atoms with Gasteiger partial charge in [-0.15, -0.1) is 0 Å². The Labute approximate surface area is 112 Å². The molecule has 0 unspecified atom stereocenters. The number of amides is 1. The maximum absolute atomic E-state index is 12.0. The summed E-state index contributed by atoms with van der Waals surface area (Å²) in [5, 5.41) is 3.16. The van der Waals surface area contributed by atoms with Gasteiger partial charge in [0.2, 0.25) is 5.91 Å². The van der Waals surface area contributed by atoms with E-state index in [4.69, 9.17) is 0 Å².